The number of aromatic nitrogens is 2. The fourth-order valence-electron chi connectivity index (χ4n) is 1.88. The van der Waals surface area contributed by atoms with E-state index in [2.05, 4.69) is 9.97 Å². The van der Waals surface area contributed by atoms with Crippen LogP contribution in [0.2, 0.25) is 10.3 Å². The lowest BCUT2D eigenvalue weighted by Crippen LogP contribution is -1.98. The third-order valence-corrected chi connectivity index (χ3v) is 3.26. The molecule has 5 nitrogen and oxygen atoms in total. The number of aryl methyl sites for hydroxylation is 1. The Bertz CT molecular complexity index is 893. The molecule has 0 radical (unpaired) electrons. The molecule has 2 aromatic heterocycles. The average molecular weight is 323 g/mol. The fraction of sp³-hybridized carbons (Fsp3) is 0.0714. The SMILES string of the molecule is Cc1cc(=O)oc2cc(Oc3nc(Cl)ncc3Cl)ccc12. The molecule has 0 amide bonds. The Labute approximate surface area is 129 Å². The van der Waals surface area contributed by atoms with Crippen LogP contribution in [-0.4, -0.2) is 9.97 Å². The van der Waals surface area contributed by atoms with Crippen LogP contribution in [0.3, 0.4) is 0 Å². The average Bonchev–Trinajstić information content (AvgIpc) is 2.42. The van der Waals surface area contributed by atoms with Crippen molar-refractivity contribution in [2.45, 2.75) is 6.92 Å². The third kappa shape index (κ3) is 2.84. The summed E-state index contributed by atoms with van der Waals surface area (Å²) in [5.41, 5.74) is 0.838. The number of hydrogen-bond acceptors (Lipinski definition) is 5. The van der Waals surface area contributed by atoms with Gasteiger partial charge in [-0.2, -0.15) is 4.98 Å². The maximum absolute atomic E-state index is 11.4. The highest BCUT2D eigenvalue weighted by atomic mass is 35.5. The predicted molar refractivity (Wildman–Crippen MR) is 79.3 cm³/mol. The van der Waals surface area contributed by atoms with Crippen molar-refractivity contribution in [3.63, 3.8) is 0 Å². The van der Waals surface area contributed by atoms with Crippen LogP contribution in [0.5, 0.6) is 11.6 Å². The second kappa shape index (κ2) is 5.35. The van der Waals surface area contributed by atoms with Gasteiger partial charge in [0, 0.05) is 17.5 Å². The maximum atomic E-state index is 11.4. The first-order valence-corrected chi connectivity index (χ1v) is 6.69. The first-order valence-electron chi connectivity index (χ1n) is 5.93. The van der Waals surface area contributed by atoms with Crippen LogP contribution >= 0.6 is 23.2 Å². The summed E-state index contributed by atoms with van der Waals surface area (Å²) < 4.78 is 10.7. The van der Waals surface area contributed by atoms with Crippen LogP contribution in [0, 0.1) is 6.92 Å². The van der Waals surface area contributed by atoms with Gasteiger partial charge in [0.25, 0.3) is 0 Å². The second-order valence-corrected chi connectivity index (χ2v) is 5.05. The number of benzene rings is 1. The molecule has 3 rings (SSSR count). The molecule has 2 heterocycles. The molecule has 21 heavy (non-hydrogen) atoms. The third-order valence-electron chi connectivity index (χ3n) is 2.82. The number of fused-ring (bicyclic) bond motifs is 1. The summed E-state index contributed by atoms with van der Waals surface area (Å²) in [4.78, 5) is 19.0. The van der Waals surface area contributed by atoms with Crippen LogP contribution in [0.1, 0.15) is 5.56 Å². The van der Waals surface area contributed by atoms with E-state index in [1.165, 1.54) is 12.3 Å². The van der Waals surface area contributed by atoms with E-state index in [0.29, 0.717) is 11.3 Å². The van der Waals surface area contributed by atoms with Gasteiger partial charge in [-0.3, -0.25) is 0 Å². The van der Waals surface area contributed by atoms with Crippen molar-refractivity contribution in [3.05, 3.63) is 56.8 Å². The van der Waals surface area contributed by atoms with E-state index in [1.54, 1.807) is 18.2 Å². The Morgan fingerprint density at radius 1 is 1.24 bits per heavy atom. The van der Waals surface area contributed by atoms with Crippen LogP contribution < -0.4 is 10.4 Å². The fourth-order valence-corrected chi connectivity index (χ4v) is 2.14. The first-order chi connectivity index (χ1) is 10.0. The van der Waals surface area contributed by atoms with Crippen molar-refractivity contribution in [1.82, 2.24) is 9.97 Å². The minimum Gasteiger partial charge on any atom is -0.437 e. The van der Waals surface area contributed by atoms with E-state index in [1.807, 2.05) is 6.92 Å². The highest BCUT2D eigenvalue weighted by Gasteiger charge is 2.09. The van der Waals surface area contributed by atoms with Gasteiger partial charge < -0.3 is 9.15 Å². The van der Waals surface area contributed by atoms with Gasteiger partial charge in [-0.15, -0.1) is 0 Å². The molecule has 0 aliphatic rings. The van der Waals surface area contributed by atoms with Crippen LogP contribution in [0.25, 0.3) is 11.0 Å². The van der Waals surface area contributed by atoms with E-state index < -0.39 is 5.63 Å². The summed E-state index contributed by atoms with van der Waals surface area (Å²) in [5, 5.41) is 1.08. The van der Waals surface area contributed by atoms with E-state index in [0.717, 1.165) is 10.9 Å². The molecular formula is C14H8Cl2N2O3. The zero-order valence-electron chi connectivity index (χ0n) is 10.8. The highest BCUT2D eigenvalue weighted by molar-refractivity contribution is 6.32. The number of hydrogen-bond donors (Lipinski definition) is 0. The first kappa shape index (κ1) is 13.9. The van der Waals surface area contributed by atoms with Crippen molar-refractivity contribution in [2.75, 3.05) is 0 Å². The van der Waals surface area contributed by atoms with E-state index >= 15 is 0 Å². The van der Waals surface area contributed by atoms with Gasteiger partial charge in [0.05, 0.1) is 6.20 Å². The monoisotopic (exact) mass is 322 g/mol. The molecule has 3 aromatic rings. The standard InChI is InChI=1S/C14H8Cl2N2O3/c1-7-4-12(19)21-11-5-8(2-3-9(7)11)20-13-10(15)6-17-14(16)18-13/h2-6H,1H3. The summed E-state index contributed by atoms with van der Waals surface area (Å²) in [5.74, 6) is 0.555. The lowest BCUT2D eigenvalue weighted by molar-refractivity contribution is 0.460. The number of ether oxygens (including phenoxy) is 1. The van der Waals surface area contributed by atoms with Crippen molar-refractivity contribution in [3.8, 4) is 11.6 Å². The number of nitrogens with zero attached hydrogens (tertiary/aromatic N) is 2. The molecule has 106 valence electrons. The minimum absolute atomic E-state index is 0.0255. The topological polar surface area (TPSA) is 65.2 Å². The van der Waals surface area contributed by atoms with Crippen molar-refractivity contribution < 1.29 is 9.15 Å². The summed E-state index contributed by atoms with van der Waals surface area (Å²) in [6, 6.07) is 6.54. The second-order valence-electron chi connectivity index (χ2n) is 4.30. The Morgan fingerprint density at radius 2 is 2.05 bits per heavy atom. The summed E-state index contributed by atoms with van der Waals surface area (Å²) in [6.07, 6.45) is 1.34. The van der Waals surface area contributed by atoms with Crippen LogP contribution in [0.15, 0.2) is 39.7 Å². The quantitative estimate of drug-likeness (QED) is 0.527. The Morgan fingerprint density at radius 3 is 2.86 bits per heavy atom. The van der Waals surface area contributed by atoms with E-state index in [4.69, 9.17) is 32.4 Å². The van der Waals surface area contributed by atoms with Crippen LogP contribution in [-0.2, 0) is 0 Å². The predicted octanol–water partition coefficient (Wildman–Crippen LogP) is 3.99. The molecule has 0 spiro atoms. The van der Waals surface area contributed by atoms with Gasteiger partial charge in [-0.05, 0) is 36.2 Å². The molecular weight excluding hydrogens is 315 g/mol. The lowest BCUT2D eigenvalue weighted by Gasteiger charge is -2.07. The molecule has 0 aliphatic heterocycles. The smallest absolute Gasteiger partial charge is 0.336 e. The molecule has 7 heteroatoms. The summed E-state index contributed by atoms with van der Waals surface area (Å²) >= 11 is 11.6. The zero-order valence-corrected chi connectivity index (χ0v) is 12.3. The van der Waals surface area contributed by atoms with Crippen LogP contribution in [0.4, 0.5) is 0 Å². The van der Waals surface area contributed by atoms with Gasteiger partial charge in [-0.25, -0.2) is 9.78 Å². The molecule has 0 bridgehead atoms. The van der Waals surface area contributed by atoms with Gasteiger partial charge in [-0.1, -0.05) is 11.6 Å². The lowest BCUT2D eigenvalue weighted by atomic mass is 10.1. The molecule has 0 atom stereocenters. The summed E-state index contributed by atoms with van der Waals surface area (Å²) in [6.45, 7) is 1.83. The van der Waals surface area contributed by atoms with Gasteiger partial charge in [0.1, 0.15) is 16.4 Å². The highest BCUT2D eigenvalue weighted by Crippen LogP contribution is 2.29. The van der Waals surface area contributed by atoms with Gasteiger partial charge in [0.2, 0.25) is 11.2 Å². The number of rotatable bonds is 2. The number of halogens is 2. The zero-order chi connectivity index (χ0) is 15.0. The minimum atomic E-state index is -0.416. The molecule has 0 N–H and O–H groups in total. The molecule has 0 unspecified atom stereocenters. The molecule has 1 aromatic carbocycles. The molecule has 0 fully saturated rings. The Hall–Kier alpha value is -2.11. The molecule has 0 aliphatic carbocycles. The molecule has 0 saturated carbocycles. The van der Waals surface area contributed by atoms with E-state index in [-0.39, 0.29) is 16.2 Å². The summed E-state index contributed by atoms with van der Waals surface area (Å²) in [7, 11) is 0. The normalized spacial score (nSPS) is 10.8. The van der Waals surface area contributed by atoms with Gasteiger partial charge in [0.15, 0.2) is 0 Å². The van der Waals surface area contributed by atoms with Crippen molar-refractivity contribution in [2.24, 2.45) is 0 Å². The molecule has 0 saturated heterocycles. The maximum Gasteiger partial charge on any atom is 0.336 e. The van der Waals surface area contributed by atoms with Crippen molar-refractivity contribution in [1.29, 1.82) is 0 Å². The largest absolute Gasteiger partial charge is 0.437 e. The Balaban J connectivity index is 2.05. The Kier molecular flexibility index (Phi) is 3.53. The van der Waals surface area contributed by atoms with Crippen molar-refractivity contribution >= 4 is 34.2 Å². The van der Waals surface area contributed by atoms with Gasteiger partial charge >= 0.3 is 5.63 Å². The van der Waals surface area contributed by atoms with E-state index in [9.17, 15) is 4.79 Å².